The fraction of sp³-hybridized carbons (Fsp3) is 0. The number of nitrogens with zero attached hydrogens (tertiary/aromatic N) is 4. The van der Waals surface area contributed by atoms with Crippen LogP contribution in [0.4, 0.5) is 0 Å². The van der Waals surface area contributed by atoms with Crippen LogP contribution in [0.5, 0.6) is 0 Å². The molecule has 0 amide bonds. The van der Waals surface area contributed by atoms with E-state index in [0.717, 1.165) is 0 Å². The van der Waals surface area contributed by atoms with Gasteiger partial charge in [0.15, 0.2) is 0 Å². The van der Waals surface area contributed by atoms with E-state index in [1.807, 2.05) is 0 Å². The Labute approximate surface area is 78.0 Å². The Hall–Kier alpha value is -1.78. The molecule has 0 saturated carbocycles. The minimum atomic E-state index is -6.34. The molecule has 0 aliphatic rings. The van der Waals surface area contributed by atoms with E-state index < -0.39 is 30.7 Å². The average Bonchev–Trinajstić information content (AvgIpc) is 1.82. The van der Waals surface area contributed by atoms with Gasteiger partial charge in [-0.1, -0.05) is 0 Å². The quantitative estimate of drug-likeness (QED) is 0.396. The zero-order valence-electron chi connectivity index (χ0n) is 6.37. The largest absolute Gasteiger partial charge is 0.369 e. The smallest absolute Gasteiger partial charge is 0.369 e. The van der Waals surface area contributed by atoms with Gasteiger partial charge in [-0.15, -0.1) is 0 Å². The first-order chi connectivity index (χ1) is 5.77. The molecule has 0 fully saturated rings. The number of quaternary nitrogens is 1. The van der Waals surface area contributed by atoms with Crippen molar-refractivity contribution in [1.82, 2.24) is 6.15 Å². The molecular weight excluding hydrogens is 304 g/mol. The molecule has 14 heavy (non-hydrogen) atoms. The molecule has 0 aliphatic heterocycles. The van der Waals surface area contributed by atoms with Crippen LogP contribution in [-0.4, -0.2) is 14.2 Å². The van der Waals surface area contributed by atoms with E-state index in [0.29, 0.717) is 0 Å². The maximum atomic E-state index is 9.89. The summed E-state index contributed by atoms with van der Waals surface area (Å²) in [7, 11) is 0. The van der Waals surface area contributed by atoms with Crippen LogP contribution < -0.4 is 6.15 Å². The van der Waals surface area contributed by atoms with Crippen LogP contribution in [0.15, 0.2) is 0 Å². The van der Waals surface area contributed by atoms with Gasteiger partial charge >= 0.3 is 71.2 Å². The van der Waals surface area contributed by atoms with Crippen molar-refractivity contribution >= 4 is 0 Å². The van der Waals surface area contributed by atoms with Crippen molar-refractivity contribution in [1.29, 1.82) is 0 Å². The zero-order chi connectivity index (χ0) is 10.8. The third-order valence-corrected chi connectivity index (χ3v) is 3.67. The van der Waals surface area contributed by atoms with Crippen LogP contribution in [0.2, 0.25) is 0 Å². The molecule has 0 unspecified atom stereocenters. The Morgan fingerprint density at radius 2 is 0.786 bits per heavy atom. The van der Waals surface area contributed by atoms with Gasteiger partial charge < -0.3 is 6.15 Å². The second-order valence-electron chi connectivity index (χ2n) is 1.14. The van der Waals surface area contributed by atoms with E-state index >= 15 is 0 Å². The predicted molar refractivity (Wildman–Crippen MR) is 34.0 cm³/mol. The van der Waals surface area contributed by atoms with Crippen LogP contribution >= 0.6 is 0 Å². The summed E-state index contributed by atoms with van der Waals surface area (Å²) in [6.45, 7) is 0. The normalized spacial score (nSPS) is 10.9. The molecule has 13 nitrogen and oxygen atoms in total. The topological polar surface area (TPSA) is 209 Å². The first kappa shape index (κ1) is 14.7. The van der Waals surface area contributed by atoms with Gasteiger partial charge in [0, 0.05) is 0 Å². The fourth-order valence-electron chi connectivity index (χ4n) is 0.253. The molecule has 0 aliphatic carbocycles. The maximum absolute atomic E-state index is 9.89. The molecule has 0 radical (unpaired) electrons. The minimum Gasteiger partial charge on any atom is -0.369 e. The maximum Gasteiger partial charge on any atom is -0.369 e. The van der Waals surface area contributed by atoms with Gasteiger partial charge in [0.2, 0.25) is 0 Å². The number of nitro groups is 4. The van der Waals surface area contributed by atoms with Crippen LogP contribution in [0.3, 0.4) is 0 Å². The van der Waals surface area contributed by atoms with Crippen LogP contribution in [0, 0.1) is 40.5 Å². The molecule has 14 heteroatoms. The molecule has 4 N–H and O–H groups in total. The van der Waals surface area contributed by atoms with E-state index in [2.05, 4.69) is 0 Å². The monoisotopic (exact) mass is 308 g/mol. The summed E-state index contributed by atoms with van der Waals surface area (Å²) in [6.07, 6.45) is 0. The Balaban J connectivity index is 0. The number of rotatable bonds is 4. The van der Waals surface area contributed by atoms with E-state index in [9.17, 15) is 40.5 Å². The Bertz CT molecular complexity index is 233. The van der Waals surface area contributed by atoms with Gasteiger partial charge in [0.1, 0.15) is 0 Å². The fourth-order valence-corrected chi connectivity index (χ4v) is 1.50. The molecule has 0 spiro atoms. The summed E-state index contributed by atoms with van der Waals surface area (Å²) >= 11 is -6.34. The van der Waals surface area contributed by atoms with E-state index in [1.54, 1.807) is 0 Å². The van der Waals surface area contributed by atoms with Crippen molar-refractivity contribution < 1.29 is 30.7 Å². The van der Waals surface area contributed by atoms with Gasteiger partial charge in [-0.2, -0.15) is 0 Å². The van der Waals surface area contributed by atoms with Crippen molar-refractivity contribution in [3.63, 3.8) is 0 Å². The molecule has 0 bridgehead atoms. The Morgan fingerprint density at radius 1 is 0.643 bits per heavy atom. The van der Waals surface area contributed by atoms with Crippen LogP contribution in [-0.2, 0) is 16.5 Å². The molecule has 0 aromatic heterocycles. The van der Waals surface area contributed by atoms with E-state index in [4.69, 9.17) is 0 Å². The summed E-state index contributed by atoms with van der Waals surface area (Å²) in [4.78, 5) is 39.6. The van der Waals surface area contributed by atoms with Gasteiger partial charge in [-0.3, -0.25) is 0 Å². The second-order valence-corrected chi connectivity index (χ2v) is 5.28. The molecule has 0 saturated heterocycles. The molecule has 0 aromatic rings. The molecule has 0 heterocycles. The Kier molecular flexibility index (Phi) is 4.69. The summed E-state index contributed by atoms with van der Waals surface area (Å²) < 4.78 is -8.15. The van der Waals surface area contributed by atoms with Crippen molar-refractivity contribution in [3.8, 4) is 0 Å². The molecule has 87 valence electrons. The van der Waals surface area contributed by atoms with E-state index in [1.165, 1.54) is 0 Å². The average molecular weight is 308 g/mol. The first-order valence-corrected chi connectivity index (χ1v) is 4.81. The van der Waals surface area contributed by atoms with E-state index in [-0.39, 0.29) is 6.15 Å². The predicted octanol–water partition coefficient (Wildman–Crippen LogP) is -0.717. The summed E-state index contributed by atoms with van der Waals surface area (Å²) in [6, 6.07) is 0. The van der Waals surface area contributed by atoms with Crippen LogP contribution in [0.25, 0.3) is 0 Å². The van der Waals surface area contributed by atoms with Crippen molar-refractivity contribution in [2.24, 2.45) is 0 Å². The summed E-state index contributed by atoms with van der Waals surface area (Å²) in [5, 5.41) is 39.6. The number of hydrogen-bond acceptors (Lipinski definition) is 8. The molecule has 0 aromatic carbocycles. The molecular formula is H4N5O8Pd. The van der Waals surface area contributed by atoms with Gasteiger partial charge in [-0.25, -0.2) is 0 Å². The summed E-state index contributed by atoms with van der Waals surface area (Å²) in [5.74, 6) is 0. The van der Waals surface area contributed by atoms with Gasteiger partial charge in [0.05, 0.1) is 0 Å². The molecule has 0 rings (SSSR count). The SMILES string of the molecule is O=[N+]([O-])[Pd-]([N+](=O)[O-])([N+](=O)[O-])[N+](=O)[O-].[NH4+]. The van der Waals surface area contributed by atoms with Crippen LogP contribution in [0.1, 0.15) is 0 Å². The van der Waals surface area contributed by atoms with Gasteiger partial charge in [0.25, 0.3) is 0 Å². The molecule has 0 atom stereocenters. The van der Waals surface area contributed by atoms with Gasteiger partial charge in [-0.05, 0) is 0 Å². The Morgan fingerprint density at radius 3 is 0.786 bits per heavy atom. The first-order valence-electron chi connectivity index (χ1n) is 2.03. The minimum absolute atomic E-state index is 0. The van der Waals surface area contributed by atoms with Crippen molar-refractivity contribution in [3.05, 3.63) is 40.5 Å². The standard InChI is InChI=1S/4NO2.H3N.Pd/c4*2-1-3;;/h;;;;1H3;/q;;;;;-1/p+1. The third-order valence-electron chi connectivity index (χ3n) is 0.620. The summed E-state index contributed by atoms with van der Waals surface area (Å²) in [5.41, 5.74) is 0. The number of hydrogen-bond donors (Lipinski definition) is 1. The van der Waals surface area contributed by atoms with Crippen molar-refractivity contribution in [2.45, 2.75) is 0 Å². The van der Waals surface area contributed by atoms with Crippen molar-refractivity contribution in [2.75, 3.05) is 0 Å². The zero-order valence-corrected chi connectivity index (χ0v) is 7.93. The third kappa shape index (κ3) is 1.76. The second kappa shape index (κ2) is 4.46.